The average molecular weight is 292 g/mol. The van der Waals surface area contributed by atoms with Crippen LogP contribution in [0.3, 0.4) is 0 Å². The highest BCUT2D eigenvalue weighted by Crippen LogP contribution is 2.27. The fraction of sp³-hybridized carbons (Fsp3) is 0.0625. The zero-order valence-corrected chi connectivity index (χ0v) is 11.0. The van der Waals surface area contributed by atoms with Crippen LogP contribution in [0.25, 0.3) is 16.7 Å². The number of halogens is 3. The molecule has 0 amide bonds. The van der Waals surface area contributed by atoms with Crippen molar-refractivity contribution in [3.63, 3.8) is 0 Å². The minimum atomic E-state index is -1.12. The normalized spacial score (nSPS) is 11.5. The lowest BCUT2D eigenvalue weighted by Gasteiger charge is -2.08. The van der Waals surface area contributed by atoms with E-state index in [4.69, 9.17) is 5.11 Å². The largest absolute Gasteiger partial charge is 0.478 e. The van der Waals surface area contributed by atoms with Crippen LogP contribution in [0.1, 0.15) is 12.5 Å². The summed E-state index contributed by atoms with van der Waals surface area (Å²) in [7, 11) is 0. The van der Waals surface area contributed by atoms with Gasteiger partial charge in [-0.3, -0.25) is 0 Å². The van der Waals surface area contributed by atoms with Crippen LogP contribution in [-0.4, -0.2) is 11.1 Å². The number of hydrogen-bond acceptors (Lipinski definition) is 1. The molecule has 2 aromatic carbocycles. The van der Waals surface area contributed by atoms with Crippen LogP contribution in [0.5, 0.6) is 0 Å². The van der Waals surface area contributed by atoms with Crippen molar-refractivity contribution in [3.8, 4) is 11.1 Å². The zero-order chi connectivity index (χ0) is 15.6. The molecule has 0 unspecified atom stereocenters. The van der Waals surface area contributed by atoms with E-state index in [-0.39, 0.29) is 11.1 Å². The van der Waals surface area contributed by atoms with Crippen molar-refractivity contribution in [2.45, 2.75) is 6.92 Å². The molecule has 0 radical (unpaired) electrons. The monoisotopic (exact) mass is 292 g/mol. The molecule has 0 saturated carbocycles. The number of carbonyl (C=O) groups is 1. The molecule has 108 valence electrons. The first kappa shape index (κ1) is 14.8. The fourth-order valence-electron chi connectivity index (χ4n) is 1.92. The molecular weight excluding hydrogens is 281 g/mol. The van der Waals surface area contributed by atoms with Crippen LogP contribution in [-0.2, 0) is 4.79 Å². The topological polar surface area (TPSA) is 37.3 Å². The highest BCUT2D eigenvalue weighted by Gasteiger charge is 2.10. The second-order valence-electron chi connectivity index (χ2n) is 4.49. The minimum absolute atomic E-state index is 0.0736. The molecule has 0 fully saturated rings. The van der Waals surface area contributed by atoms with Gasteiger partial charge in [-0.25, -0.2) is 18.0 Å². The van der Waals surface area contributed by atoms with Gasteiger partial charge in [-0.05, 0) is 47.9 Å². The van der Waals surface area contributed by atoms with E-state index in [2.05, 4.69) is 0 Å². The van der Waals surface area contributed by atoms with Gasteiger partial charge in [0.05, 0.1) is 0 Å². The van der Waals surface area contributed by atoms with Gasteiger partial charge in [0.15, 0.2) is 11.6 Å². The van der Waals surface area contributed by atoms with Crippen LogP contribution in [0.4, 0.5) is 13.2 Å². The van der Waals surface area contributed by atoms with E-state index in [9.17, 15) is 18.0 Å². The lowest BCUT2D eigenvalue weighted by Crippen LogP contribution is -1.93. The van der Waals surface area contributed by atoms with Crippen LogP contribution in [0.2, 0.25) is 0 Å². The van der Waals surface area contributed by atoms with Gasteiger partial charge >= 0.3 is 5.97 Å². The summed E-state index contributed by atoms with van der Waals surface area (Å²) in [6.45, 7) is 1.57. The van der Waals surface area contributed by atoms with Gasteiger partial charge in [0.25, 0.3) is 0 Å². The van der Waals surface area contributed by atoms with Gasteiger partial charge < -0.3 is 5.11 Å². The Hall–Kier alpha value is -2.56. The van der Waals surface area contributed by atoms with Crippen LogP contribution >= 0.6 is 0 Å². The van der Waals surface area contributed by atoms with Crippen molar-refractivity contribution in [3.05, 3.63) is 65.5 Å². The third-order valence-corrected chi connectivity index (χ3v) is 2.99. The molecule has 21 heavy (non-hydrogen) atoms. The van der Waals surface area contributed by atoms with Crippen LogP contribution in [0, 0.1) is 17.5 Å². The number of carboxylic acids is 1. The van der Waals surface area contributed by atoms with E-state index in [1.807, 2.05) is 0 Å². The maximum atomic E-state index is 13.9. The maximum Gasteiger partial charge on any atom is 0.328 e. The third kappa shape index (κ3) is 3.31. The quantitative estimate of drug-likeness (QED) is 0.858. The number of benzene rings is 2. The number of carboxylic acid groups (broad SMARTS) is 1. The first-order valence-corrected chi connectivity index (χ1v) is 6.05. The van der Waals surface area contributed by atoms with Crippen molar-refractivity contribution in [1.29, 1.82) is 0 Å². The van der Waals surface area contributed by atoms with E-state index in [0.29, 0.717) is 11.1 Å². The molecule has 2 nitrogen and oxygen atoms in total. The summed E-state index contributed by atoms with van der Waals surface area (Å²) in [6.07, 6.45) is 0.988. The lowest BCUT2D eigenvalue weighted by molar-refractivity contribution is -0.131. The molecule has 2 rings (SSSR count). The predicted molar refractivity (Wildman–Crippen MR) is 73.0 cm³/mol. The van der Waals surface area contributed by atoms with Crippen molar-refractivity contribution in [1.82, 2.24) is 0 Å². The zero-order valence-electron chi connectivity index (χ0n) is 11.0. The molecule has 0 spiro atoms. The van der Waals surface area contributed by atoms with Gasteiger partial charge in [-0.15, -0.1) is 0 Å². The standard InChI is InChI=1S/C16H11F3O2/c1-9(6-16(20)21)10-2-4-13(17)12(7-10)11-3-5-14(18)15(19)8-11/h2-8H,1H3,(H,20,21)/b9-6+. The summed E-state index contributed by atoms with van der Waals surface area (Å²) in [6, 6.07) is 7.05. The van der Waals surface area contributed by atoms with Crippen LogP contribution < -0.4 is 0 Å². The predicted octanol–water partition coefficient (Wildman–Crippen LogP) is 4.26. The molecule has 0 atom stereocenters. The number of aliphatic carboxylic acids is 1. The molecule has 0 heterocycles. The van der Waals surface area contributed by atoms with Crippen molar-refractivity contribution < 1.29 is 23.1 Å². The Kier molecular flexibility index (Phi) is 4.12. The molecule has 0 aliphatic carbocycles. The molecule has 5 heteroatoms. The molecular formula is C16H11F3O2. The molecule has 2 aromatic rings. The Morgan fingerprint density at radius 2 is 1.67 bits per heavy atom. The van der Waals surface area contributed by atoms with Gasteiger partial charge in [0.2, 0.25) is 0 Å². The van der Waals surface area contributed by atoms with Crippen LogP contribution in [0.15, 0.2) is 42.5 Å². The Bertz CT molecular complexity index is 736. The van der Waals surface area contributed by atoms with Gasteiger partial charge in [-0.2, -0.15) is 0 Å². The van der Waals surface area contributed by atoms with Crippen molar-refractivity contribution in [2.24, 2.45) is 0 Å². The number of rotatable bonds is 3. The Morgan fingerprint density at radius 1 is 1.00 bits per heavy atom. The maximum absolute atomic E-state index is 13.9. The summed E-state index contributed by atoms with van der Waals surface area (Å²) in [5.74, 6) is -3.81. The van der Waals surface area contributed by atoms with E-state index < -0.39 is 23.4 Å². The van der Waals surface area contributed by atoms with E-state index in [0.717, 1.165) is 24.3 Å². The van der Waals surface area contributed by atoms with E-state index >= 15 is 0 Å². The Morgan fingerprint density at radius 3 is 2.29 bits per heavy atom. The highest BCUT2D eigenvalue weighted by molar-refractivity contribution is 5.90. The molecule has 0 aliphatic rings. The average Bonchev–Trinajstić information content (AvgIpc) is 2.41. The van der Waals surface area contributed by atoms with E-state index in [1.165, 1.54) is 18.2 Å². The van der Waals surface area contributed by atoms with Crippen molar-refractivity contribution in [2.75, 3.05) is 0 Å². The molecule has 0 bridgehead atoms. The summed E-state index contributed by atoms with van der Waals surface area (Å²) in [4.78, 5) is 10.6. The van der Waals surface area contributed by atoms with Gasteiger partial charge in [0.1, 0.15) is 5.82 Å². The van der Waals surface area contributed by atoms with Crippen molar-refractivity contribution >= 4 is 11.5 Å². The smallest absolute Gasteiger partial charge is 0.328 e. The first-order valence-electron chi connectivity index (χ1n) is 6.05. The first-order chi connectivity index (χ1) is 9.88. The SMILES string of the molecule is C/C(=C\C(=O)O)c1ccc(F)c(-c2ccc(F)c(F)c2)c1. The molecule has 0 saturated heterocycles. The molecule has 0 aromatic heterocycles. The summed E-state index contributed by atoms with van der Waals surface area (Å²) in [5.41, 5.74) is 1.16. The summed E-state index contributed by atoms with van der Waals surface area (Å²) in [5, 5.41) is 8.71. The number of allylic oxidation sites excluding steroid dienone is 1. The lowest BCUT2D eigenvalue weighted by atomic mass is 9.99. The second-order valence-corrected chi connectivity index (χ2v) is 4.49. The minimum Gasteiger partial charge on any atom is -0.478 e. The second kappa shape index (κ2) is 5.83. The molecule has 0 aliphatic heterocycles. The summed E-state index contributed by atoms with van der Waals surface area (Å²) >= 11 is 0. The molecule has 1 N–H and O–H groups in total. The van der Waals surface area contributed by atoms with E-state index in [1.54, 1.807) is 6.92 Å². The Balaban J connectivity index is 2.53. The van der Waals surface area contributed by atoms with Gasteiger partial charge in [-0.1, -0.05) is 12.1 Å². The van der Waals surface area contributed by atoms with Gasteiger partial charge in [0, 0.05) is 11.6 Å². The Labute approximate surface area is 119 Å². The third-order valence-electron chi connectivity index (χ3n) is 2.99. The number of hydrogen-bond donors (Lipinski definition) is 1. The summed E-state index contributed by atoms with van der Waals surface area (Å²) < 4.78 is 40.0. The highest BCUT2D eigenvalue weighted by atomic mass is 19.2. The fourth-order valence-corrected chi connectivity index (χ4v) is 1.92.